The summed E-state index contributed by atoms with van der Waals surface area (Å²) in [4.78, 5) is 20.6. The normalized spacial score (nSPS) is 17.1. The Kier molecular flexibility index (Phi) is 3.40. The standard InChI is InChI=1S/C14H19N5O/c1-18(2)11-3-5-19(6-4-11)13-7-10-8-16-17-14(20)12(10)9-15-13/h7-9,11H,3-6H2,1-2H3,(H,17,20). The largest absolute Gasteiger partial charge is 0.356 e. The summed E-state index contributed by atoms with van der Waals surface area (Å²) in [6.45, 7) is 2.00. The maximum atomic E-state index is 11.6. The van der Waals surface area contributed by atoms with Gasteiger partial charge in [-0.3, -0.25) is 4.79 Å². The number of hydrogen-bond acceptors (Lipinski definition) is 5. The Labute approximate surface area is 117 Å². The van der Waals surface area contributed by atoms with E-state index in [9.17, 15) is 4.79 Å². The van der Waals surface area contributed by atoms with Crippen molar-refractivity contribution in [2.24, 2.45) is 0 Å². The van der Waals surface area contributed by atoms with Crippen LogP contribution in [0.3, 0.4) is 0 Å². The van der Waals surface area contributed by atoms with E-state index in [-0.39, 0.29) is 5.56 Å². The Balaban J connectivity index is 1.83. The van der Waals surface area contributed by atoms with E-state index in [0.29, 0.717) is 11.4 Å². The van der Waals surface area contributed by atoms with Crippen LogP contribution in [0.25, 0.3) is 10.8 Å². The SMILES string of the molecule is CN(C)C1CCN(c2cc3cn[nH]c(=O)c3cn2)CC1. The molecule has 1 fully saturated rings. The molecule has 1 aliphatic heterocycles. The molecule has 0 aliphatic carbocycles. The minimum absolute atomic E-state index is 0.187. The zero-order valence-corrected chi connectivity index (χ0v) is 11.8. The highest BCUT2D eigenvalue weighted by Gasteiger charge is 2.21. The summed E-state index contributed by atoms with van der Waals surface area (Å²) < 4.78 is 0. The van der Waals surface area contributed by atoms with Crippen molar-refractivity contribution in [3.8, 4) is 0 Å². The predicted molar refractivity (Wildman–Crippen MR) is 79.1 cm³/mol. The van der Waals surface area contributed by atoms with E-state index in [4.69, 9.17) is 0 Å². The number of nitrogens with zero attached hydrogens (tertiary/aromatic N) is 4. The molecule has 0 atom stereocenters. The molecule has 0 spiro atoms. The van der Waals surface area contributed by atoms with E-state index in [1.54, 1.807) is 12.4 Å². The number of anilines is 1. The van der Waals surface area contributed by atoms with Gasteiger partial charge < -0.3 is 9.80 Å². The van der Waals surface area contributed by atoms with Gasteiger partial charge in [-0.05, 0) is 33.0 Å². The lowest BCUT2D eigenvalue weighted by Crippen LogP contribution is -2.42. The van der Waals surface area contributed by atoms with E-state index in [1.165, 1.54) is 0 Å². The molecule has 0 bridgehead atoms. The molecule has 0 saturated carbocycles. The van der Waals surface area contributed by atoms with Gasteiger partial charge in [-0.1, -0.05) is 0 Å². The number of piperidine rings is 1. The van der Waals surface area contributed by atoms with Gasteiger partial charge in [0.25, 0.3) is 5.56 Å². The van der Waals surface area contributed by atoms with Crippen LogP contribution in [0.5, 0.6) is 0 Å². The summed E-state index contributed by atoms with van der Waals surface area (Å²) in [6, 6.07) is 2.60. The summed E-state index contributed by atoms with van der Waals surface area (Å²) in [5, 5.41) is 7.70. The summed E-state index contributed by atoms with van der Waals surface area (Å²) in [5.41, 5.74) is -0.187. The summed E-state index contributed by atoms with van der Waals surface area (Å²) in [7, 11) is 4.26. The van der Waals surface area contributed by atoms with Crippen LogP contribution in [-0.2, 0) is 0 Å². The van der Waals surface area contributed by atoms with Crippen LogP contribution < -0.4 is 10.5 Å². The van der Waals surface area contributed by atoms with Crippen molar-refractivity contribution >= 4 is 16.6 Å². The fourth-order valence-electron chi connectivity index (χ4n) is 2.76. The van der Waals surface area contributed by atoms with Gasteiger partial charge in [-0.25, -0.2) is 10.1 Å². The predicted octanol–water partition coefficient (Wildman–Crippen LogP) is 0.849. The maximum absolute atomic E-state index is 11.6. The van der Waals surface area contributed by atoms with Crippen LogP contribution in [0.2, 0.25) is 0 Å². The van der Waals surface area contributed by atoms with Gasteiger partial charge >= 0.3 is 0 Å². The van der Waals surface area contributed by atoms with Gasteiger partial charge in [-0.15, -0.1) is 0 Å². The van der Waals surface area contributed by atoms with E-state index in [0.717, 1.165) is 37.1 Å². The van der Waals surface area contributed by atoms with Crippen molar-refractivity contribution in [3.63, 3.8) is 0 Å². The highest BCUT2D eigenvalue weighted by Crippen LogP contribution is 2.21. The number of aromatic nitrogens is 3. The zero-order valence-electron chi connectivity index (χ0n) is 11.8. The third-order valence-corrected chi connectivity index (χ3v) is 4.05. The number of aromatic amines is 1. The smallest absolute Gasteiger partial charge is 0.273 e. The summed E-state index contributed by atoms with van der Waals surface area (Å²) >= 11 is 0. The second-order valence-corrected chi connectivity index (χ2v) is 5.51. The fraction of sp³-hybridized carbons (Fsp3) is 0.500. The molecule has 1 saturated heterocycles. The number of rotatable bonds is 2. The number of pyridine rings is 1. The van der Waals surface area contributed by atoms with Crippen molar-refractivity contribution in [2.45, 2.75) is 18.9 Å². The molecular formula is C14H19N5O. The number of H-pyrrole nitrogens is 1. The quantitative estimate of drug-likeness (QED) is 0.878. The van der Waals surface area contributed by atoms with Gasteiger partial charge in [0, 0.05) is 30.7 Å². The van der Waals surface area contributed by atoms with E-state index < -0.39 is 0 Å². The molecule has 0 unspecified atom stereocenters. The van der Waals surface area contributed by atoms with Gasteiger partial charge in [0.05, 0.1) is 11.6 Å². The van der Waals surface area contributed by atoms with Crippen molar-refractivity contribution in [1.82, 2.24) is 20.1 Å². The lowest BCUT2D eigenvalue weighted by atomic mass is 10.0. The van der Waals surface area contributed by atoms with Crippen LogP contribution >= 0.6 is 0 Å². The average Bonchev–Trinajstić information content (AvgIpc) is 2.47. The van der Waals surface area contributed by atoms with E-state index in [1.807, 2.05) is 6.07 Å². The molecule has 0 radical (unpaired) electrons. The molecule has 0 amide bonds. The molecule has 2 aromatic heterocycles. The third-order valence-electron chi connectivity index (χ3n) is 4.05. The van der Waals surface area contributed by atoms with Gasteiger partial charge in [0.1, 0.15) is 5.82 Å². The monoisotopic (exact) mass is 273 g/mol. The number of fused-ring (bicyclic) bond motifs is 1. The first-order chi connectivity index (χ1) is 9.65. The lowest BCUT2D eigenvalue weighted by Gasteiger charge is -2.35. The highest BCUT2D eigenvalue weighted by molar-refractivity contribution is 5.82. The van der Waals surface area contributed by atoms with Crippen LogP contribution in [0.1, 0.15) is 12.8 Å². The Morgan fingerprint density at radius 3 is 2.75 bits per heavy atom. The molecule has 6 heteroatoms. The number of hydrogen-bond donors (Lipinski definition) is 1. The Hall–Kier alpha value is -1.95. The molecule has 0 aromatic carbocycles. The minimum Gasteiger partial charge on any atom is -0.356 e. The molecule has 3 heterocycles. The Morgan fingerprint density at radius 2 is 2.05 bits per heavy atom. The molecule has 3 rings (SSSR count). The second kappa shape index (κ2) is 5.20. The summed E-state index contributed by atoms with van der Waals surface area (Å²) in [6.07, 6.45) is 5.60. The molecule has 106 valence electrons. The van der Waals surface area contributed by atoms with Crippen molar-refractivity contribution in [3.05, 3.63) is 28.8 Å². The molecule has 20 heavy (non-hydrogen) atoms. The van der Waals surface area contributed by atoms with Gasteiger partial charge in [0.2, 0.25) is 0 Å². The lowest BCUT2D eigenvalue weighted by molar-refractivity contribution is 0.249. The fourth-order valence-corrected chi connectivity index (χ4v) is 2.76. The van der Waals surface area contributed by atoms with E-state index in [2.05, 4.69) is 39.1 Å². The van der Waals surface area contributed by atoms with Crippen LogP contribution in [0.15, 0.2) is 23.3 Å². The second-order valence-electron chi connectivity index (χ2n) is 5.51. The highest BCUT2D eigenvalue weighted by atomic mass is 16.1. The summed E-state index contributed by atoms with van der Waals surface area (Å²) in [5.74, 6) is 0.933. The Bertz CT molecular complexity index is 658. The first-order valence-corrected chi connectivity index (χ1v) is 6.90. The first kappa shape index (κ1) is 13.1. The van der Waals surface area contributed by atoms with Crippen molar-refractivity contribution in [1.29, 1.82) is 0 Å². The maximum Gasteiger partial charge on any atom is 0.273 e. The minimum atomic E-state index is -0.187. The molecule has 6 nitrogen and oxygen atoms in total. The Morgan fingerprint density at radius 1 is 1.30 bits per heavy atom. The van der Waals surface area contributed by atoms with Crippen molar-refractivity contribution < 1.29 is 0 Å². The zero-order chi connectivity index (χ0) is 14.1. The van der Waals surface area contributed by atoms with Crippen LogP contribution in [-0.4, -0.2) is 53.3 Å². The van der Waals surface area contributed by atoms with Crippen LogP contribution in [0, 0.1) is 0 Å². The third kappa shape index (κ3) is 2.38. The van der Waals surface area contributed by atoms with Crippen molar-refractivity contribution in [2.75, 3.05) is 32.1 Å². The average molecular weight is 273 g/mol. The van der Waals surface area contributed by atoms with Gasteiger partial charge in [-0.2, -0.15) is 5.10 Å². The molecule has 1 aliphatic rings. The molecule has 1 N–H and O–H groups in total. The topological polar surface area (TPSA) is 65.1 Å². The van der Waals surface area contributed by atoms with Crippen LogP contribution in [0.4, 0.5) is 5.82 Å². The molecular weight excluding hydrogens is 254 g/mol. The van der Waals surface area contributed by atoms with E-state index >= 15 is 0 Å². The molecule has 2 aromatic rings. The number of nitrogens with one attached hydrogen (secondary N) is 1. The first-order valence-electron chi connectivity index (χ1n) is 6.90. The van der Waals surface area contributed by atoms with Gasteiger partial charge in [0.15, 0.2) is 0 Å².